The van der Waals surface area contributed by atoms with Crippen LogP contribution in [0, 0.1) is 56.7 Å². The van der Waals surface area contributed by atoms with E-state index in [2.05, 4.69) is 55.0 Å². The van der Waals surface area contributed by atoms with E-state index in [1.165, 1.54) is 56.9 Å². The highest BCUT2D eigenvalue weighted by Crippen LogP contribution is 2.77. The fourth-order valence-electron chi connectivity index (χ4n) is 11.3. The molecule has 0 heterocycles. The zero-order chi connectivity index (χ0) is 22.6. The molecule has 5 rings (SSSR count). The molecule has 5 aliphatic rings. The second-order valence-corrected chi connectivity index (χ2v) is 14.5. The fourth-order valence-corrected chi connectivity index (χ4v) is 11.3. The van der Waals surface area contributed by atoms with Gasteiger partial charge in [-0.1, -0.05) is 53.7 Å². The van der Waals surface area contributed by atoms with E-state index in [9.17, 15) is 4.79 Å². The molecule has 0 spiro atoms. The van der Waals surface area contributed by atoms with Crippen LogP contribution in [-0.2, 0) is 4.79 Å². The van der Waals surface area contributed by atoms with Gasteiger partial charge in [0.1, 0.15) is 5.78 Å². The first-order chi connectivity index (χ1) is 14.3. The lowest BCUT2D eigenvalue weighted by Gasteiger charge is -2.72. The van der Waals surface area contributed by atoms with E-state index >= 15 is 0 Å². The molecule has 0 bridgehead atoms. The molecule has 5 aliphatic carbocycles. The Labute approximate surface area is 192 Å². The van der Waals surface area contributed by atoms with Crippen molar-refractivity contribution in [3.05, 3.63) is 12.2 Å². The van der Waals surface area contributed by atoms with E-state index < -0.39 is 0 Å². The van der Waals surface area contributed by atoms with Gasteiger partial charge in [-0.05, 0) is 116 Å². The number of fused-ring (bicyclic) bond motifs is 7. The van der Waals surface area contributed by atoms with Crippen molar-refractivity contribution in [2.45, 2.75) is 113 Å². The van der Waals surface area contributed by atoms with Gasteiger partial charge in [-0.25, -0.2) is 0 Å². The van der Waals surface area contributed by atoms with Crippen LogP contribution < -0.4 is 0 Å². The standard InChI is InChI=1S/C30H48O/c1-19(2)20-11-14-27(5)17-18-29(7)21(25(20)27)9-10-23-28(6)15-13-24(31)26(3,4)22(28)12-16-30(23,29)8/h20-23,25H,1,9-18H2,2-8H3/t20-,21+,22-,23+,25+,27-,28-,29+,30+/m0/s1. The number of Topliss-reactive ketones (excluding diaryl/α,β-unsaturated/α-hetero) is 1. The highest BCUT2D eigenvalue weighted by Gasteiger charge is 2.70. The molecule has 5 saturated carbocycles. The van der Waals surface area contributed by atoms with E-state index in [0.717, 1.165) is 36.5 Å². The van der Waals surface area contributed by atoms with E-state index in [0.29, 0.717) is 33.4 Å². The van der Waals surface area contributed by atoms with Gasteiger partial charge < -0.3 is 0 Å². The molecule has 1 nitrogen and oxygen atoms in total. The monoisotopic (exact) mass is 424 g/mol. The third-order valence-corrected chi connectivity index (χ3v) is 13.2. The Kier molecular flexibility index (Phi) is 4.66. The second-order valence-electron chi connectivity index (χ2n) is 14.5. The van der Waals surface area contributed by atoms with Crippen LogP contribution in [0.15, 0.2) is 12.2 Å². The zero-order valence-corrected chi connectivity index (χ0v) is 21.6. The van der Waals surface area contributed by atoms with Crippen LogP contribution in [0.3, 0.4) is 0 Å². The third-order valence-electron chi connectivity index (χ3n) is 13.2. The highest BCUT2D eigenvalue weighted by atomic mass is 16.1. The Balaban J connectivity index is 1.55. The number of hydrogen-bond acceptors (Lipinski definition) is 1. The molecule has 0 radical (unpaired) electrons. The molecule has 31 heavy (non-hydrogen) atoms. The molecular formula is C30H48O. The van der Waals surface area contributed by atoms with E-state index in [4.69, 9.17) is 0 Å². The Morgan fingerprint density at radius 1 is 0.806 bits per heavy atom. The molecule has 174 valence electrons. The lowest BCUT2D eigenvalue weighted by Crippen LogP contribution is -2.66. The quantitative estimate of drug-likeness (QED) is 0.387. The molecule has 0 unspecified atom stereocenters. The molecule has 0 aromatic heterocycles. The second kappa shape index (κ2) is 6.50. The number of carbonyl (C=O) groups is 1. The fraction of sp³-hybridized carbons (Fsp3) is 0.900. The molecule has 0 aromatic rings. The van der Waals surface area contributed by atoms with Crippen LogP contribution >= 0.6 is 0 Å². The third kappa shape index (κ3) is 2.59. The first-order valence-electron chi connectivity index (χ1n) is 13.5. The molecule has 0 aromatic carbocycles. The van der Waals surface area contributed by atoms with Crippen LogP contribution in [0.2, 0.25) is 0 Å². The summed E-state index contributed by atoms with van der Waals surface area (Å²) in [4.78, 5) is 12.9. The Morgan fingerprint density at radius 2 is 1.52 bits per heavy atom. The molecule has 0 amide bonds. The topological polar surface area (TPSA) is 17.1 Å². The van der Waals surface area contributed by atoms with Crippen molar-refractivity contribution in [1.82, 2.24) is 0 Å². The molecule has 0 N–H and O–H groups in total. The van der Waals surface area contributed by atoms with Crippen LogP contribution in [0.4, 0.5) is 0 Å². The zero-order valence-electron chi connectivity index (χ0n) is 21.6. The number of allylic oxidation sites excluding steroid dienone is 1. The lowest BCUT2D eigenvalue weighted by molar-refractivity contribution is -0.232. The lowest BCUT2D eigenvalue weighted by atomic mass is 9.32. The molecule has 1 heteroatoms. The predicted molar refractivity (Wildman–Crippen MR) is 130 cm³/mol. The van der Waals surface area contributed by atoms with Gasteiger partial charge >= 0.3 is 0 Å². The number of rotatable bonds is 1. The van der Waals surface area contributed by atoms with Crippen LogP contribution in [0.1, 0.15) is 113 Å². The molecule has 9 atom stereocenters. The summed E-state index contributed by atoms with van der Waals surface area (Å²) in [7, 11) is 0. The van der Waals surface area contributed by atoms with Crippen molar-refractivity contribution in [2.24, 2.45) is 56.7 Å². The summed E-state index contributed by atoms with van der Waals surface area (Å²) in [6, 6.07) is 0. The normalized spacial score (nSPS) is 55.6. The van der Waals surface area contributed by atoms with Crippen LogP contribution in [-0.4, -0.2) is 5.78 Å². The van der Waals surface area contributed by atoms with Gasteiger partial charge in [0.15, 0.2) is 0 Å². The van der Waals surface area contributed by atoms with Crippen molar-refractivity contribution in [3.8, 4) is 0 Å². The minimum atomic E-state index is -0.131. The average Bonchev–Trinajstić information content (AvgIpc) is 3.04. The number of hydrogen-bond donors (Lipinski definition) is 0. The summed E-state index contributed by atoms with van der Waals surface area (Å²) in [6.07, 6.45) is 13.0. The first kappa shape index (κ1) is 22.2. The van der Waals surface area contributed by atoms with Crippen molar-refractivity contribution < 1.29 is 4.79 Å². The highest BCUT2D eigenvalue weighted by molar-refractivity contribution is 5.85. The molecule has 5 fully saturated rings. The minimum Gasteiger partial charge on any atom is -0.299 e. The maximum atomic E-state index is 12.9. The van der Waals surface area contributed by atoms with E-state index in [1.807, 2.05) is 0 Å². The largest absolute Gasteiger partial charge is 0.299 e. The molecule has 0 saturated heterocycles. The summed E-state index contributed by atoms with van der Waals surface area (Å²) < 4.78 is 0. The van der Waals surface area contributed by atoms with Crippen molar-refractivity contribution >= 4 is 5.78 Å². The van der Waals surface area contributed by atoms with E-state index in [-0.39, 0.29) is 5.41 Å². The average molecular weight is 425 g/mol. The Bertz CT molecular complexity index is 807. The summed E-state index contributed by atoms with van der Waals surface area (Å²) in [6.45, 7) is 22.0. The maximum Gasteiger partial charge on any atom is 0.138 e. The van der Waals surface area contributed by atoms with Gasteiger partial charge in [-0.3, -0.25) is 4.79 Å². The van der Waals surface area contributed by atoms with Crippen molar-refractivity contribution in [3.63, 3.8) is 0 Å². The molecular weight excluding hydrogens is 376 g/mol. The van der Waals surface area contributed by atoms with Gasteiger partial charge in [0.25, 0.3) is 0 Å². The molecule has 0 aliphatic heterocycles. The smallest absolute Gasteiger partial charge is 0.138 e. The van der Waals surface area contributed by atoms with Crippen LogP contribution in [0.25, 0.3) is 0 Å². The van der Waals surface area contributed by atoms with Gasteiger partial charge in [-0.15, -0.1) is 0 Å². The minimum absolute atomic E-state index is 0.131. The number of carbonyl (C=O) groups excluding carboxylic acids is 1. The summed E-state index contributed by atoms with van der Waals surface area (Å²) in [5.41, 5.74) is 3.06. The van der Waals surface area contributed by atoms with Crippen molar-refractivity contribution in [1.29, 1.82) is 0 Å². The summed E-state index contributed by atoms with van der Waals surface area (Å²) in [5.74, 6) is 4.33. The van der Waals surface area contributed by atoms with Gasteiger partial charge in [0.2, 0.25) is 0 Å². The first-order valence-corrected chi connectivity index (χ1v) is 13.5. The Morgan fingerprint density at radius 3 is 2.19 bits per heavy atom. The maximum absolute atomic E-state index is 12.9. The Hall–Kier alpha value is -0.590. The summed E-state index contributed by atoms with van der Waals surface area (Å²) >= 11 is 0. The van der Waals surface area contributed by atoms with E-state index in [1.54, 1.807) is 0 Å². The van der Waals surface area contributed by atoms with Gasteiger partial charge in [-0.2, -0.15) is 0 Å². The summed E-state index contributed by atoms with van der Waals surface area (Å²) in [5, 5.41) is 0. The van der Waals surface area contributed by atoms with Gasteiger partial charge in [0.05, 0.1) is 0 Å². The van der Waals surface area contributed by atoms with Crippen LogP contribution in [0.5, 0.6) is 0 Å². The number of ketones is 1. The van der Waals surface area contributed by atoms with Gasteiger partial charge in [0, 0.05) is 11.8 Å². The van der Waals surface area contributed by atoms with Crippen molar-refractivity contribution in [2.75, 3.05) is 0 Å². The SMILES string of the molecule is C=C(C)[C@@H]1CC[C@@]2(C)CC[C@]3(C)[C@H](CC[C@@H]4[C@@]5(C)CCC(=O)C(C)(C)[C@@H]5CC[C@]43C)[C@@H]12. The predicted octanol–water partition coefficient (Wildman–Crippen LogP) is 8.23.